The topological polar surface area (TPSA) is 63.8 Å². The van der Waals surface area contributed by atoms with Gasteiger partial charge >= 0.3 is 0 Å². The van der Waals surface area contributed by atoms with Crippen LogP contribution in [0.25, 0.3) is 10.2 Å². The van der Waals surface area contributed by atoms with Gasteiger partial charge < -0.3 is 11.1 Å². The molecule has 126 valence electrons. The largest absolute Gasteiger partial charge is 0.364 e. The van der Waals surface area contributed by atoms with Crippen molar-refractivity contribution in [2.75, 3.05) is 5.32 Å². The number of anilines is 1. The number of nitrogens with two attached hydrogens (primary N) is 1. The lowest BCUT2D eigenvalue weighted by Gasteiger charge is -2.06. The zero-order valence-corrected chi connectivity index (χ0v) is 15.8. The maximum atomic E-state index is 6.22. The van der Waals surface area contributed by atoms with Gasteiger partial charge in [0.2, 0.25) is 5.28 Å². The van der Waals surface area contributed by atoms with Crippen molar-refractivity contribution in [2.24, 2.45) is 5.73 Å². The monoisotopic (exact) mass is 378 g/mol. The van der Waals surface area contributed by atoms with Crippen molar-refractivity contribution in [1.29, 1.82) is 0 Å². The van der Waals surface area contributed by atoms with E-state index in [9.17, 15) is 0 Å². The molecule has 3 N–H and O–H groups in total. The van der Waals surface area contributed by atoms with Crippen molar-refractivity contribution in [3.63, 3.8) is 0 Å². The molecule has 0 bridgehead atoms. The first-order chi connectivity index (χ1) is 11.6. The van der Waals surface area contributed by atoms with Gasteiger partial charge in [-0.2, -0.15) is 4.98 Å². The van der Waals surface area contributed by atoms with Gasteiger partial charge in [-0.15, -0.1) is 22.7 Å². The van der Waals surface area contributed by atoms with Crippen molar-refractivity contribution in [3.05, 3.63) is 38.1 Å². The third-order valence-corrected chi connectivity index (χ3v) is 6.39. The van der Waals surface area contributed by atoms with Crippen LogP contribution in [0.15, 0.2) is 17.5 Å². The van der Waals surface area contributed by atoms with Crippen molar-refractivity contribution >= 4 is 50.3 Å². The highest BCUT2D eigenvalue weighted by Crippen LogP contribution is 2.49. The van der Waals surface area contributed by atoms with Crippen LogP contribution in [0.5, 0.6) is 0 Å². The molecular weight excluding hydrogens is 360 g/mol. The number of thiophene rings is 2. The highest BCUT2D eigenvalue weighted by atomic mass is 35.5. The van der Waals surface area contributed by atoms with Crippen LogP contribution in [0.3, 0.4) is 0 Å². The molecule has 3 heterocycles. The van der Waals surface area contributed by atoms with Crippen LogP contribution in [0.1, 0.15) is 41.0 Å². The summed E-state index contributed by atoms with van der Waals surface area (Å²) >= 11 is 9.72. The van der Waals surface area contributed by atoms with Gasteiger partial charge in [0.05, 0.1) is 16.8 Å². The molecule has 0 spiro atoms. The van der Waals surface area contributed by atoms with E-state index < -0.39 is 0 Å². The van der Waals surface area contributed by atoms with Crippen LogP contribution in [0.2, 0.25) is 5.28 Å². The fraction of sp³-hybridized carbons (Fsp3) is 0.412. The summed E-state index contributed by atoms with van der Waals surface area (Å²) in [6.07, 6.45) is 3.35. The van der Waals surface area contributed by atoms with Gasteiger partial charge in [0.1, 0.15) is 5.82 Å². The summed E-state index contributed by atoms with van der Waals surface area (Å²) in [5.41, 5.74) is 8.43. The summed E-state index contributed by atoms with van der Waals surface area (Å²) in [4.78, 5) is 11.6. The lowest BCUT2D eigenvalue weighted by molar-refractivity contribution is 0.741. The molecule has 0 unspecified atom stereocenters. The third-order valence-electron chi connectivity index (χ3n) is 4.12. The Morgan fingerprint density at radius 1 is 1.42 bits per heavy atom. The van der Waals surface area contributed by atoms with Gasteiger partial charge in [0.25, 0.3) is 0 Å². The summed E-state index contributed by atoms with van der Waals surface area (Å²) in [7, 11) is 0. The van der Waals surface area contributed by atoms with E-state index in [4.69, 9.17) is 17.3 Å². The summed E-state index contributed by atoms with van der Waals surface area (Å²) < 4.78 is 1.11. The molecule has 7 heteroatoms. The molecule has 0 aliphatic heterocycles. The van der Waals surface area contributed by atoms with E-state index in [1.807, 2.05) is 0 Å². The normalized spacial score (nSPS) is 15.8. The van der Waals surface area contributed by atoms with Gasteiger partial charge in [-0.25, -0.2) is 4.98 Å². The molecule has 0 amide bonds. The summed E-state index contributed by atoms with van der Waals surface area (Å²) in [6.45, 7) is 2.80. The van der Waals surface area contributed by atoms with Crippen LogP contribution < -0.4 is 11.1 Å². The number of fused-ring (bicyclic) bond motifs is 1. The van der Waals surface area contributed by atoms with E-state index in [1.54, 1.807) is 22.7 Å². The maximum absolute atomic E-state index is 6.22. The number of nitrogens with zero attached hydrogens (tertiary/aromatic N) is 2. The predicted molar refractivity (Wildman–Crippen MR) is 103 cm³/mol. The van der Waals surface area contributed by atoms with Gasteiger partial charge in [-0.05, 0) is 60.7 Å². The van der Waals surface area contributed by atoms with Crippen molar-refractivity contribution in [3.8, 4) is 0 Å². The van der Waals surface area contributed by atoms with Crippen molar-refractivity contribution in [2.45, 2.75) is 44.7 Å². The minimum absolute atomic E-state index is 0.140. The second kappa shape index (κ2) is 6.59. The second-order valence-corrected chi connectivity index (χ2v) is 8.82. The molecule has 24 heavy (non-hydrogen) atoms. The summed E-state index contributed by atoms with van der Waals surface area (Å²) in [5.74, 6) is 1.45. The van der Waals surface area contributed by atoms with Crippen LogP contribution >= 0.6 is 34.3 Å². The fourth-order valence-corrected chi connectivity index (χ4v) is 5.20. The zero-order chi connectivity index (χ0) is 16.7. The van der Waals surface area contributed by atoms with Crippen LogP contribution in [-0.2, 0) is 13.0 Å². The average Bonchev–Trinajstić information content (AvgIpc) is 3.09. The highest BCUT2D eigenvalue weighted by Gasteiger charge is 2.31. The molecule has 1 aliphatic carbocycles. The lowest BCUT2D eigenvalue weighted by atomic mass is 10.1. The second-order valence-electron chi connectivity index (χ2n) is 6.35. The molecule has 3 aromatic heterocycles. The lowest BCUT2D eigenvalue weighted by Crippen LogP contribution is -2.17. The van der Waals surface area contributed by atoms with E-state index in [-0.39, 0.29) is 6.04 Å². The van der Waals surface area contributed by atoms with Crippen LogP contribution in [0.4, 0.5) is 5.82 Å². The van der Waals surface area contributed by atoms with Crippen LogP contribution in [0, 0.1) is 0 Å². The third kappa shape index (κ3) is 3.28. The average molecular weight is 379 g/mol. The number of hydrogen-bond acceptors (Lipinski definition) is 6. The van der Waals surface area contributed by atoms with Crippen molar-refractivity contribution < 1.29 is 0 Å². The Labute approximate surface area is 154 Å². The quantitative estimate of drug-likeness (QED) is 0.605. The predicted octanol–water partition coefficient (Wildman–Crippen LogP) is 4.79. The Hall–Kier alpha value is -1.21. The van der Waals surface area contributed by atoms with Crippen molar-refractivity contribution in [1.82, 2.24) is 9.97 Å². The summed E-state index contributed by atoms with van der Waals surface area (Å²) in [6, 6.07) is 4.31. The van der Waals surface area contributed by atoms with E-state index in [2.05, 4.69) is 39.7 Å². The highest BCUT2D eigenvalue weighted by molar-refractivity contribution is 7.19. The fourth-order valence-electron chi connectivity index (χ4n) is 2.95. The number of aromatic nitrogens is 2. The van der Waals surface area contributed by atoms with Crippen LogP contribution in [-0.4, -0.2) is 16.0 Å². The van der Waals surface area contributed by atoms with Gasteiger partial charge in [-0.3, -0.25) is 0 Å². The molecule has 0 aromatic carbocycles. The van der Waals surface area contributed by atoms with Gasteiger partial charge in [0, 0.05) is 15.8 Å². The molecule has 4 rings (SSSR count). The number of hydrogen-bond donors (Lipinski definition) is 2. The first-order valence-corrected chi connectivity index (χ1v) is 10.2. The first-order valence-electron chi connectivity index (χ1n) is 8.12. The molecule has 1 saturated carbocycles. The SMILES string of the molecule is C[C@H](N)Cc1sc2c(NCc3cccs3)nc(Cl)nc2c1C1CC1. The van der Waals surface area contributed by atoms with Gasteiger partial charge in [-0.1, -0.05) is 6.07 Å². The first kappa shape index (κ1) is 16.3. The molecule has 4 nitrogen and oxygen atoms in total. The molecule has 0 radical (unpaired) electrons. The maximum Gasteiger partial charge on any atom is 0.224 e. The Morgan fingerprint density at radius 3 is 2.92 bits per heavy atom. The van der Waals surface area contributed by atoms with E-state index in [1.165, 1.54) is 28.2 Å². The van der Waals surface area contributed by atoms with E-state index >= 15 is 0 Å². The summed E-state index contributed by atoms with van der Waals surface area (Å²) in [5, 5.41) is 5.83. The Balaban J connectivity index is 1.76. The molecule has 0 saturated heterocycles. The Bertz CT molecular complexity index is 853. The van der Waals surface area contributed by atoms with E-state index in [0.717, 1.165) is 29.0 Å². The minimum atomic E-state index is 0.140. The number of rotatable bonds is 6. The molecule has 1 aliphatic rings. The van der Waals surface area contributed by atoms with E-state index in [0.29, 0.717) is 11.2 Å². The number of nitrogens with one attached hydrogen (secondary N) is 1. The molecule has 1 atom stereocenters. The molecule has 3 aromatic rings. The smallest absolute Gasteiger partial charge is 0.224 e. The Morgan fingerprint density at radius 2 is 2.25 bits per heavy atom. The molecular formula is C17H19ClN4S2. The zero-order valence-electron chi connectivity index (χ0n) is 13.4. The molecule has 1 fully saturated rings. The standard InChI is InChI=1S/C17H19ClN4S2/c1-9(19)7-12-13(10-4-5-10)14-15(24-12)16(22-17(18)21-14)20-8-11-3-2-6-23-11/h2-3,6,9-10H,4-5,7-8,19H2,1H3,(H,20,21,22)/t9-/m0/s1. The van der Waals surface area contributed by atoms with Gasteiger partial charge in [0.15, 0.2) is 0 Å². The number of halogens is 1. The Kier molecular flexibility index (Phi) is 4.47. The minimum Gasteiger partial charge on any atom is -0.364 e.